The molecular formula is C28H27F4N3O3. The van der Waals surface area contributed by atoms with Gasteiger partial charge in [0.1, 0.15) is 11.6 Å². The van der Waals surface area contributed by atoms with Crippen LogP contribution in [0.15, 0.2) is 72.8 Å². The number of rotatable bonds is 7. The third kappa shape index (κ3) is 4.87. The Hall–Kier alpha value is -3.47. The normalized spacial score (nSPS) is 23.3. The third-order valence-electron chi connectivity index (χ3n) is 7.38. The summed E-state index contributed by atoms with van der Waals surface area (Å²) >= 11 is 0. The summed E-state index contributed by atoms with van der Waals surface area (Å²) in [6.07, 6.45) is -4.56. The quantitative estimate of drug-likeness (QED) is 0.431. The highest BCUT2D eigenvalue weighted by Crippen LogP contribution is 2.53. The molecule has 3 aromatic carbocycles. The molecule has 2 saturated heterocycles. The maximum atomic E-state index is 15.5. The maximum absolute atomic E-state index is 15.5. The Kier molecular flexibility index (Phi) is 6.89. The SMILES string of the molecule is COc1ccc(C[C@]23CON[C@@]2(c2cc(NC(=O)C(F)(F)F)ccc2F)CN(Cc2ccccc2)C3)cc1. The summed E-state index contributed by atoms with van der Waals surface area (Å²) in [6, 6.07) is 20.9. The lowest BCUT2D eigenvalue weighted by atomic mass is 9.66. The first-order chi connectivity index (χ1) is 18.1. The van der Waals surface area contributed by atoms with Crippen molar-refractivity contribution >= 4 is 11.6 Å². The van der Waals surface area contributed by atoms with Gasteiger partial charge in [-0.05, 0) is 47.9 Å². The molecule has 0 aliphatic carbocycles. The fourth-order valence-electron chi connectivity index (χ4n) is 5.63. The van der Waals surface area contributed by atoms with Gasteiger partial charge in [0.15, 0.2) is 0 Å². The number of carbonyl (C=O) groups excluding carboxylic acids is 1. The number of hydroxylamine groups is 1. The van der Waals surface area contributed by atoms with Crippen molar-refractivity contribution in [3.05, 3.63) is 95.3 Å². The van der Waals surface area contributed by atoms with E-state index in [4.69, 9.17) is 9.57 Å². The van der Waals surface area contributed by atoms with Gasteiger partial charge in [-0.1, -0.05) is 42.5 Å². The second-order valence-corrected chi connectivity index (χ2v) is 9.88. The lowest BCUT2D eigenvalue weighted by Gasteiger charge is -2.38. The van der Waals surface area contributed by atoms with Crippen molar-refractivity contribution < 1.29 is 31.9 Å². The van der Waals surface area contributed by atoms with Gasteiger partial charge >= 0.3 is 12.1 Å². The van der Waals surface area contributed by atoms with Crippen LogP contribution in [0.4, 0.5) is 23.2 Å². The molecule has 2 fully saturated rings. The summed E-state index contributed by atoms with van der Waals surface area (Å²) in [5, 5.41) is 1.85. The summed E-state index contributed by atoms with van der Waals surface area (Å²) in [4.78, 5) is 19.6. The largest absolute Gasteiger partial charge is 0.497 e. The molecule has 2 aliphatic rings. The number of fused-ring (bicyclic) bond motifs is 1. The third-order valence-corrected chi connectivity index (χ3v) is 7.38. The van der Waals surface area contributed by atoms with E-state index in [0.29, 0.717) is 31.8 Å². The van der Waals surface area contributed by atoms with Crippen molar-refractivity contribution in [1.82, 2.24) is 10.4 Å². The van der Waals surface area contributed by atoms with E-state index in [1.54, 1.807) is 7.11 Å². The van der Waals surface area contributed by atoms with Crippen LogP contribution in [0.3, 0.4) is 0 Å². The molecule has 10 heteroatoms. The van der Waals surface area contributed by atoms with E-state index < -0.39 is 28.9 Å². The van der Waals surface area contributed by atoms with Crippen LogP contribution in [0.2, 0.25) is 0 Å². The molecule has 2 N–H and O–H groups in total. The molecule has 0 saturated carbocycles. The smallest absolute Gasteiger partial charge is 0.471 e. The highest BCUT2D eigenvalue weighted by atomic mass is 19.4. The van der Waals surface area contributed by atoms with Crippen LogP contribution in [0.1, 0.15) is 16.7 Å². The molecule has 5 rings (SSSR count). The van der Waals surface area contributed by atoms with Crippen molar-refractivity contribution in [2.75, 3.05) is 32.1 Å². The summed E-state index contributed by atoms with van der Waals surface area (Å²) in [7, 11) is 1.58. The molecule has 0 spiro atoms. The number of anilines is 1. The number of hydrogen-bond acceptors (Lipinski definition) is 5. The molecule has 0 radical (unpaired) electrons. The molecule has 38 heavy (non-hydrogen) atoms. The molecule has 3 aromatic rings. The number of hydrogen-bond donors (Lipinski definition) is 2. The van der Waals surface area contributed by atoms with E-state index in [1.165, 1.54) is 6.07 Å². The molecule has 0 unspecified atom stereocenters. The predicted molar refractivity (Wildman–Crippen MR) is 133 cm³/mol. The van der Waals surface area contributed by atoms with Gasteiger partial charge in [-0.25, -0.2) is 4.39 Å². The van der Waals surface area contributed by atoms with Crippen molar-refractivity contribution in [3.8, 4) is 5.75 Å². The summed E-state index contributed by atoms with van der Waals surface area (Å²) in [6.45, 7) is 1.73. The van der Waals surface area contributed by atoms with E-state index in [0.717, 1.165) is 23.3 Å². The molecule has 0 bridgehead atoms. The number of amides is 1. The van der Waals surface area contributed by atoms with Crippen LogP contribution < -0.4 is 15.5 Å². The first kappa shape index (κ1) is 26.1. The molecular weight excluding hydrogens is 502 g/mol. The fourth-order valence-corrected chi connectivity index (χ4v) is 5.63. The van der Waals surface area contributed by atoms with Crippen molar-refractivity contribution in [2.24, 2.45) is 5.41 Å². The molecule has 6 nitrogen and oxygen atoms in total. The van der Waals surface area contributed by atoms with Gasteiger partial charge in [0.05, 0.1) is 19.3 Å². The lowest BCUT2D eigenvalue weighted by Crippen LogP contribution is -2.51. The second-order valence-electron chi connectivity index (χ2n) is 9.88. The molecule has 200 valence electrons. The first-order valence-electron chi connectivity index (χ1n) is 12.1. The molecule has 2 aliphatic heterocycles. The minimum absolute atomic E-state index is 0.138. The van der Waals surface area contributed by atoms with Gasteiger partial charge in [0.2, 0.25) is 0 Å². The number of ether oxygens (including phenoxy) is 1. The minimum atomic E-state index is -5.07. The first-order valence-corrected chi connectivity index (χ1v) is 12.1. The van der Waals surface area contributed by atoms with Gasteiger partial charge in [0.25, 0.3) is 0 Å². The van der Waals surface area contributed by atoms with Gasteiger partial charge in [-0.2, -0.15) is 18.7 Å². The minimum Gasteiger partial charge on any atom is -0.497 e. The Morgan fingerprint density at radius 1 is 1.05 bits per heavy atom. The lowest BCUT2D eigenvalue weighted by molar-refractivity contribution is -0.167. The van der Waals surface area contributed by atoms with Gasteiger partial charge in [-0.3, -0.25) is 9.69 Å². The molecule has 2 atom stereocenters. The topological polar surface area (TPSA) is 62.8 Å². The van der Waals surface area contributed by atoms with Crippen LogP contribution in [-0.2, 0) is 28.1 Å². The number of halogens is 4. The van der Waals surface area contributed by atoms with Crippen LogP contribution in [-0.4, -0.2) is 43.8 Å². The summed E-state index contributed by atoms with van der Waals surface area (Å²) < 4.78 is 59.5. The molecule has 2 heterocycles. The number of nitrogens with zero attached hydrogens (tertiary/aromatic N) is 1. The number of benzene rings is 3. The van der Waals surface area contributed by atoms with Crippen molar-refractivity contribution in [1.29, 1.82) is 0 Å². The Bertz CT molecular complexity index is 1300. The fraction of sp³-hybridized carbons (Fsp3) is 0.321. The van der Waals surface area contributed by atoms with E-state index in [1.807, 2.05) is 59.9 Å². The molecule has 0 aromatic heterocycles. The number of methoxy groups -OCH3 is 1. The Morgan fingerprint density at radius 2 is 1.79 bits per heavy atom. The van der Waals surface area contributed by atoms with Crippen molar-refractivity contribution in [2.45, 2.75) is 24.7 Å². The Morgan fingerprint density at radius 3 is 2.47 bits per heavy atom. The Labute approximate surface area is 217 Å². The summed E-state index contributed by atoms with van der Waals surface area (Å²) in [5.74, 6) is -2.02. The van der Waals surface area contributed by atoms with Gasteiger partial charge < -0.3 is 14.9 Å². The van der Waals surface area contributed by atoms with E-state index in [-0.39, 0.29) is 17.9 Å². The number of likely N-dealkylation sites (tertiary alicyclic amines) is 1. The van der Waals surface area contributed by atoms with Crippen LogP contribution in [0.25, 0.3) is 0 Å². The predicted octanol–water partition coefficient (Wildman–Crippen LogP) is 4.81. The zero-order valence-corrected chi connectivity index (χ0v) is 20.6. The second kappa shape index (κ2) is 10.0. The maximum Gasteiger partial charge on any atom is 0.471 e. The van der Waals surface area contributed by atoms with E-state index in [9.17, 15) is 18.0 Å². The zero-order valence-electron chi connectivity index (χ0n) is 20.6. The average molecular weight is 530 g/mol. The monoisotopic (exact) mass is 529 g/mol. The van der Waals surface area contributed by atoms with Crippen LogP contribution >= 0.6 is 0 Å². The highest BCUT2D eigenvalue weighted by Gasteiger charge is 2.63. The summed E-state index contributed by atoms with van der Waals surface area (Å²) in [5.41, 5.74) is 3.35. The van der Waals surface area contributed by atoms with Gasteiger partial charge in [-0.15, -0.1) is 0 Å². The Balaban J connectivity index is 1.55. The van der Waals surface area contributed by atoms with Gasteiger partial charge in [0, 0.05) is 36.3 Å². The van der Waals surface area contributed by atoms with Crippen LogP contribution in [0, 0.1) is 11.2 Å². The zero-order chi connectivity index (χ0) is 27.0. The van der Waals surface area contributed by atoms with E-state index in [2.05, 4.69) is 10.4 Å². The van der Waals surface area contributed by atoms with Crippen LogP contribution in [0.5, 0.6) is 5.75 Å². The number of alkyl halides is 3. The average Bonchev–Trinajstić information content (AvgIpc) is 3.37. The highest BCUT2D eigenvalue weighted by molar-refractivity contribution is 5.95. The molecule has 1 amide bonds. The van der Waals surface area contributed by atoms with Crippen molar-refractivity contribution in [3.63, 3.8) is 0 Å². The number of nitrogens with one attached hydrogen (secondary N) is 2. The van der Waals surface area contributed by atoms with E-state index >= 15 is 4.39 Å². The number of carbonyl (C=O) groups is 1. The standard InChI is InChI=1S/C28H27F4N3O3/c1-37-22-10-7-19(8-11-22)14-26-16-35(15-20-5-3-2-4-6-20)17-27(26,34-38-18-26)23-13-21(9-12-24(23)29)33-25(36)28(30,31)32/h2-13,34H,14-18H2,1H3,(H,33,36)/t26-,27+/m0/s1.